The van der Waals surface area contributed by atoms with Gasteiger partial charge < -0.3 is 0 Å². The van der Waals surface area contributed by atoms with E-state index in [1.807, 2.05) is 0 Å². The largest absolute Gasteiger partial charge is 0.220 e. The Hall–Kier alpha value is 0.332. The van der Waals surface area contributed by atoms with Crippen molar-refractivity contribution in [3.8, 4) is 0 Å². The maximum absolute atomic E-state index is 8.50. The highest BCUT2D eigenvalue weighted by Crippen LogP contribution is 2.34. The average Bonchev–Trinajstić information content (AvgIpc) is 2.36. The highest BCUT2D eigenvalue weighted by molar-refractivity contribution is 7.78. The summed E-state index contributed by atoms with van der Waals surface area (Å²) < 4.78 is 2.36. The van der Waals surface area contributed by atoms with E-state index in [-0.39, 0.29) is 0 Å². The summed E-state index contributed by atoms with van der Waals surface area (Å²) in [6, 6.07) is 0. The van der Waals surface area contributed by atoms with Crippen LogP contribution in [0.1, 0.15) is 89.9 Å². The topological polar surface area (TPSA) is 17.1 Å². The predicted octanol–water partition coefficient (Wildman–Crippen LogP) is 6.01. The summed E-state index contributed by atoms with van der Waals surface area (Å²) in [5.41, 5.74) is 0. The highest BCUT2D eigenvalue weighted by Gasteiger charge is 2.20. The second-order valence-electron chi connectivity index (χ2n) is 6.49. The van der Waals surface area contributed by atoms with Crippen molar-refractivity contribution >= 4 is 32.7 Å². The zero-order chi connectivity index (χ0) is 14.5. The van der Waals surface area contributed by atoms with Gasteiger partial charge in [-0.25, -0.2) is 4.79 Å². The minimum Gasteiger partial charge on any atom is -0.220 e. The van der Waals surface area contributed by atoms with Gasteiger partial charge in [0.1, 0.15) is 0 Å². The molecule has 0 aromatic rings. The first kappa shape index (κ1) is 18.4. The van der Waals surface area contributed by atoms with E-state index in [1.165, 1.54) is 48.1 Å². The van der Waals surface area contributed by atoms with Crippen LogP contribution in [0.3, 0.4) is 0 Å². The number of hydrogen-bond donors (Lipinski definition) is 0. The van der Waals surface area contributed by atoms with E-state index in [4.69, 9.17) is 4.79 Å². The Labute approximate surface area is 137 Å². The molecule has 3 heteroatoms. The van der Waals surface area contributed by atoms with Crippen molar-refractivity contribution in [2.24, 2.45) is 0 Å². The lowest BCUT2D eigenvalue weighted by atomic mass is 10.00. The van der Waals surface area contributed by atoms with Crippen LogP contribution in [0.4, 0.5) is 0 Å². The van der Waals surface area contributed by atoms with Crippen molar-refractivity contribution < 1.29 is 4.79 Å². The van der Waals surface area contributed by atoms with Gasteiger partial charge in [-0.2, -0.15) is 0 Å². The van der Waals surface area contributed by atoms with E-state index in [0.29, 0.717) is 0 Å². The Bertz CT molecular complexity index is 228. The maximum atomic E-state index is 8.50. The smallest absolute Gasteiger partial charge is 0.210 e. The molecule has 2 fully saturated rings. The second-order valence-corrected chi connectivity index (χ2v) is 8.92. The van der Waals surface area contributed by atoms with Gasteiger partial charge in [0.05, 0.1) is 0 Å². The van der Waals surface area contributed by atoms with Crippen molar-refractivity contribution in [2.45, 2.75) is 99.5 Å². The molecule has 0 spiro atoms. The molecule has 0 heterocycles. The average molecular weight is 309 g/mol. The van der Waals surface area contributed by atoms with Crippen LogP contribution in [0, 0.1) is 0 Å². The summed E-state index contributed by atoms with van der Waals surface area (Å²) >= 11 is 4.37. The predicted molar refractivity (Wildman–Crippen MR) is 91.2 cm³/mol. The molecule has 2 aliphatic rings. The SMILES string of the molecule is C1CCC[CH]([Al][CH]2CCCCCCC2)CCC1.O=C=S. The van der Waals surface area contributed by atoms with Crippen molar-refractivity contribution in [1.29, 1.82) is 0 Å². The standard InChI is InChI=1S/2C8H15.COS.Al/c2*1-2-4-6-8-7-5-3-1;2-1-3;/h2*1H,2-8H2;;. The molecule has 0 N–H and O–H groups in total. The van der Waals surface area contributed by atoms with E-state index in [9.17, 15) is 0 Å². The zero-order valence-corrected chi connectivity index (χ0v) is 14.9. The first-order chi connectivity index (χ1) is 9.86. The normalized spacial score (nSPS) is 23.0. The number of thiocarbonyl (C=S) groups is 1. The summed E-state index contributed by atoms with van der Waals surface area (Å²) in [5.74, 6) is 0. The van der Waals surface area contributed by atoms with E-state index in [1.54, 1.807) is 51.4 Å². The number of rotatable bonds is 2. The molecule has 0 unspecified atom stereocenters. The molecule has 0 aromatic carbocycles. The van der Waals surface area contributed by atoms with Crippen molar-refractivity contribution in [2.75, 3.05) is 0 Å². The van der Waals surface area contributed by atoms with Gasteiger partial charge in [0, 0.05) is 12.2 Å². The van der Waals surface area contributed by atoms with Gasteiger partial charge in [-0.15, -0.1) is 0 Å². The summed E-state index contributed by atoms with van der Waals surface area (Å²) in [6.45, 7) is 0. The first-order valence-corrected chi connectivity index (χ1v) is 10.4. The Morgan fingerprint density at radius 3 is 1.20 bits per heavy atom. The Kier molecular flexibility index (Phi) is 12.0. The van der Waals surface area contributed by atoms with Crippen LogP contribution in [0.2, 0.25) is 9.56 Å². The lowest BCUT2D eigenvalue weighted by Crippen LogP contribution is -2.14. The molecule has 0 amide bonds. The monoisotopic (exact) mass is 309 g/mol. The van der Waals surface area contributed by atoms with Gasteiger partial charge in [-0.05, 0) is 0 Å². The summed E-state index contributed by atoms with van der Waals surface area (Å²) in [6.07, 6.45) is 21.7. The first-order valence-electron chi connectivity index (χ1n) is 8.71. The summed E-state index contributed by atoms with van der Waals surface area (Å²) in [4.78, 5) is 8.50. The van der Waals surface area contributed by atoms with Crippen LogP contribution >= 0.6 is 12.2 Å². The third kappa shape index (κ3) is 9.30. The molecule has 2 aliphatic carbocycles. The van der Waals surface area contributed by atoms with Gasteiger partial charge in [0.25, 0.3) is 0 Å². The zero-order valence-electron chi connectivity index (χ0n) is 12.9. The lowest BCUT2D eigenvalue weighted by Gasteiger charge is -2.25. The molecule has 0 atom stereocenters. The molecule has 0 saturated heterocycles. The second kappa shape index (κ2) is 13.0. The van der Waals surface area contributed by atoms with Gasteiger partial charge in [0.15, 0.2) is 0 Å². The minimum atomic E-state index is 0.780. The van der Waals surface area contributed by atoms with Crippen LogP contribution in [0.25, 0.3) is 0 Å². The van der Waals surface area contributed by atoms with Gasteiger partial charge in [0.2, 0.25) is 20.5 Å². The fraction of sp³-hybridized carbons (Fsp3) is 0.941. The molecule has 0 aliphatic heterocycles. The maximum Gasteiger partial charge on any atom is 0.210 e. The molecule has 1 radical (unpaired) electrons. The van der Waals surface area contributed by atoms with E-state index < -0.39 is 0 Å². The third-order valence-corrected chi connectivity index (χ3v) is 7.27. The quantitative estimate of drug-likeness (QED) is 0.459. The fourth-order valence-corrected chi connectivity index (χ4v) is 6.23. The van der Waals surface area contributed by atoms with Crippen molar-refractivity contribution in [3.05, 3.63) is 0 Å². The highest BCUT2D eigenvalue weighted by atomic mass is 32.1. The van der Waals surface area contributed by atoms with Crippen molar-refractivity contribution in [1.82, 2.24) is 0 Å². The Morgan fingerprint density at radius 2 is 0.900 bits per heavy atom. The molecule has 2 saturated carbocycles. The van der Waals surface area contributed by atoms with E-state index in [0.717, 1.165) is 20.5 Å². The van der Waals surface area contributed by atoms with Crippen LogP contribution in [0.5, 0.6) is 0 Å². The van der Waals surface area contributed by atoms with E-state index in [2.05, 4.69) is 12.2 Å². The molecule has 2 rings (SSSR count). The summed E-state index contributed by atoms with van der Waals surface area (Å²) in [7, 11) is 0. The fourth-order valence-electron chi connectivity index (χ4n) is 3.75. The van der Waals surface area contributed by atoms with Gasteiger partial charge >= 0.3 is 0 Å². The van der Waals surface area contributed by atoms with Crippen LogP contribution < -0.4 is 0 Å². The van der Waals surface area contributed by atoms with Crippen LogP contribution in [-0.2, 0) is 4.79 Å². The van der Waals surface area contributed by atoms with Gasteiger partial charge in [-0.3, -0.25) is 0 Å². The molecule has 0 bridgehead atoms. The molecule has 113 valence electrons. The van der Waals surface area contributed by atoms with Crippen LogP contribution in [0.15, 0.2) is 0 Å². The Morgan fingerprint density at radius 1 is 0.650 bits per heavy atom. The van der Waals surface area contributed by atoms with E-state index >= 15 is 0 Å². The molecule has 20 heavy (non-hydrogen) atoms. The number of carbonyl (C=O) groups excluding carboxylic acids is 1. The number of hydrogen-bond acceptors (Lipinski definition) is 2. The minimum absolute atomic E-state index is 0.780. The van der Waals surface area contributed by atoms with Crippen LogP contribution in [-0.4, -0.2) is 20.5 Å². The third-order valence-electron chi connectivity index (χ3n) is 4.84. The Balaban J connectivity index is 0.000000612. The molecule has 0 aromatic heterocycles. The lowest BCUT2D eigenvalue weighted by molar-refractivity contribution is 0.477. The summed E-state index contributed by atoms with van der Waals surface area (Å²) in [5, 5.41) is 1.08. The van der Waals surface area contributed by atoms with Crippen molar-refractivity contribution in [3.63, 3.8) is 0 Å². The molecular formula is C17H30AlOS. The molecule has 1 nitrogen and oxygen atoms in total. The van der Waals surface area contributed by atoms with Gasteiger partial charge in [-0.1, -0.05) is 99.5 Å². The molecular weight excluding hydrogens is 279 g/mol.